The van der Waals surface area contributed by atoms with Crippen LogP contribution in [0.5, 0.6) is 11.5 Å². The van der Waals surface area contributed by atoms with Crippen molar-refractivity contribution < 1.29 is 9.66 Å². The summed E-state index contributed by atoms with van der Waals surface area (Å²) in [5.41, 5.74) is 0.0433. The molecule has 1 aromatic heterocycles. The van der Waals surface area contributed by atoms with Crippen LogP contribution in [-0.4, -0.2) is 9.91 Å². The van der Waals surface area contributed by atoms with Crippen molar-refractivity contribution in [1.82, 2.24) is 4.98 Å². The lowest BCUT2D eigenvalue weighted by atomic mass is 10.3. The summed E-state index contributed by atoms with van der Waals surface area (Å²) in [6.07, 6.45) is 3.31. The lowest BCUT2D eigenvalue weighted by Crippen LogP contribution is -1.90. The zero-order valence-electron chi connectivity index (χ0n) is 10.5. The number of aromatic nitrogens is 1. The third kappa shape index (κ3) is 4.47. The van der Waals surface area contributed by atoms with Crippen LogP contribution in [0.15, 0.2) is 42.7 Å². The molecular weight excluding hydrogens is 359 g/mol. The fourth-order valence-electron chi connectivity index (χ4n) is 1.21. The quantitative estimate of drug-likeness (QED) is 0.455. The number of nitro benzene ring substituents is 1. The molecule has 1 aromatic carbocycles. The molecule has 5 nitrogen and oxygen atoms in total. The Morgan fingerprint density at radius 3 is 2.37 bits per heavy atom. The van der Waals surface area contributed by atoms with E-state index in [-0.39, 0.29) is 5.69 Å². The van der Waals surface area contributed by atoms with Gasteiger partial charge < -0.3 is 4.74 Å². The van der Waals surface area contributed by atoms with Gasteiger partial charge in [-0.3, -0.25) is 15.1 Å². The zero-order chi connectivity index (χ0) is 14.3. The molecule has 0 atom stereocenters. The molecule has 19 heavy (non-hydrogen) atoms. The Morgan fingerprint density at radius 1 is 1.21 bits per heavy atom. The highest BCUT2D eigenvalue weighted by atomic mass is 127. The first-order valence-corrected chi connectivity index (χ1v) is 6.76. The molecule has 1 heterocycles. The van der Waals surface area contributed by atoms with Crippen LogP contribution >= 0.6 is 22.6 Å². The van der Waals surface area contributed by atoms with Crippen LogP contribution in [0.4, 0.5) is 5.69 Å². The molecule has 0 saturated carbocycles. The largest absolute Gasteiger partial charge is 0.456 e. The van der Waals surface area contributed by atoms with Gasteiger partial charge in [-0.05, 0) is 34.7 Å². The SMILES string of the molecule is CC.O=[N+]([O-])c1ccc(Oc2ccncc2I)cc1. The van der Waals surface area contributed by atoms with Crippen LogP contribution in [0.1, 0.15) is 13.8 Å². The van der Waals surface area contributed by atoms with Crippen LogP contribution in [-0.2, 0) is 0 Å². The minimum atomic E-state index is -0.444. The van der Waals surface area contributed by atoms with Gasteiger partial charge in [0.1, 0.15) is 11.5 Å². The molecule has 2 aromatic rings. The van der Waals surface area contributed by atoms with E-state index >= 15 is 0 Å². The maximum atomic E-state index is 10.5. The minimum Gasteiger partial charge on any atom is -0.456 e. The van der Waals surface area contributed by atoms with Crippen molar-refractivity contribution in [3.8, 4) is 11.5 Å². The Hall–Kier alpha value is -1.70. The molecule has 0 aliphatic heterocycles. The maximum Gasteiger partial charge on any atom is 0.269 e. The summed E-state index contributed by atoms with van der Waals surface area (Å²) in [6.45, 7) is 4.00. The second kappa shape index (κ2) is 7.67. The van der Waals surface area contributed by atoms with Gasteiger partial charge in [-0.2, -0.15) is 0 Å². The van der Waals surface area contributed by atoms with E-state index in [0.717, 1.165) is 3.57 Å². The van der Waals surface area contributed by atoms with E-state index in [1.165, 1.54) is 12.1 Å². The lowest BCUT2D eigenvalue weighted by Gasteiger charge is -2.06. The van der Waals surface area contributed by atoms with Crippen LogP contribution in [0.2, 0.25) is 0 Å². The van der Waals surface area contributed by atoms with E-state index < -0.39 is 4.92 Å². The molecule has 0 saturated heterocycles. The summed E-state index contributed by atoms with van der Waals surface area (Å²) in [5.74, 6) is 1.23. The molecular formula is C13H13IN2O3. The highest BCUT2D eigenvalue weighted by molar-refractivity contribution is 14.1. The van der Waals surface area contributed by atoms with Gasteiger partial charge in [-0.1, -0.05) is 13.8 Å². The molecule has 0 spiro atoms. The van der Waals surface area contributed by atoms with Gasteiger partial charge in [-0.15, -0.1) is 0 Å². The number of halogens is 1. The number of pyridine rings is 1. The summed E-state index contributed by atoms with van der Waals surface area (Å²) in [7, 11) is 0. The first-order chi connectivity index (χ1) is 9.16. The van der Waals surface area contributed by atoms with Crippen molar-refractivity contribution in [2.75, 3.05) is 0 Å². The van der Waals surface area contributed by atoms with E-state index in [1.54, 1.807) is 30.6 Å². The van der Waals surface area contributed by atoms with Gasteiger partial charge in [-0.25, -0.2) is 0 Å². The average Bonchev–Trinajstić information content (AvgIpc) is 2.44. The molecule has 100 valence electrons. The summed E-state index contributed by atoms with van der Waals surface area (Å²) in [5, 5.41) is 10.5. The Bertz CT molecular complexity index is 544. The van der Waals surface area contributed by atoms with Crippen LogP contribution in [0, 0.1) is 13.7 Å². The van der Waals surface area contributed by atoms with Gasteiger partial charge in [0.05, 0.1) is 8.49 Å². The van der Waals surface area contributed by atoms with E-state index in [4.69, 9.17) is 4.74 Å². The predicted octanol–water partition coefficient (Wildman–Crippen LogP) is 4.41. The van der Waals surface area contributed by atoms with Crippen molar-refractivity contribution in [2.45, 2.75) is 13.8 Å². The number of benzene rings is 1. The van der Waals surface area contributed by atoms with Crippen molar-refractivity contribution in [3.05, 3.63) is 56.4 Å². The fraction of sp³-hybridized carbons (Fsp3) is 0.154. The molecule has 0 aliphatic rings. The Balaban J connectivity index is 0.000000861. The summed E-state index contributed by atoms with van der Waals surface area (Å²) in [4.78, 5) is 14.0. The Morgan fingerprint density at radius 2 is 1.84 bits per heavy atom. The predicted molar refractivity (Wildman–Crippen MR) is 81.5 cm³/mol. The smallest absolute Gasteiger partial charge is 0.269 e. The topological polar surface area (TPSA) is 65.3 Å². The number of nitrogens with zero attached hydrogens (tertiary/aromatic N) is 2. The lowest BCUT2D eigenvalue weighted by molar-refractivity contribution is -0.384. The van der Waals surface area contributed by atoms with Gasteiger partial charge >= 0.3 is 0 Å². The van der Waals surface area contributed by atoms with Gasteiger partial charge in [0.25, 0.3) is 5.69 Å². The standard InChI is InChI=1S/C11H7IN2O3.C2H6/c12-10-7-13-6-5-11(10)17-9-3-1-8(2-4-9)14(15)16;1-2/h1-7H;1-2H3. The number of hydrogen-bond acceptors (Lipinski definition) is 4. The highest BCUT2D eigenvalue weighted by Gasteiger charge is 2.06. The van der Waals surface area contributed by atoms with Gasteiger partial charge in [0.15, 0.2) is 0 Å². The average molecular weight is 372 g/mol. The molecule has 0 aliphatic carbocycles. The summed E-state index contributed by atoms with van der Waals surface area (Å²) >= 11 is 2.11. The second-order valence-corrected chi connectivity index (χ2v) is 4.32. The first kappa shape index (κ1) is 15.4. The van der Waals surface area contributed by atoms with Crippen LogP contribution < -0.4 is 4.74 Å². The van der Waals surface area contributed by atoms with Gasteiger partial charge in [0, 0.05) is 30.6 Å². The zero-order valence-corrected chi connectivity index (χ0v) is 12.7. The minimum absolute atomic E-state index is 0.0433. The summed E-state index contributed by atoms with van der Waals surface area (Å²) < 4.78 is 6.45. The van der Waals surface area contributed by atoms with Crippen LogP contribution in [0.3, 0.4) is 0 Å². The maximum absolute atomic E-state index is 10.5. The number of non-ortho nitro benzene ring substituents is 1. The third-order valence-corrected chi connectivity index (χ3v) is 2.82. The molecule has 0 fully saturated rings. The number of ether oxygens (including phenoxy) is 1. The monoisotopic (exact) mass is 372 g/mol. The third-order valence-electron chi connectivity index (χ3n) is 2.01. The van der Waals surface area contributed by atoms with Crippen molar-refractivity contribution >= 4 is 28.3 Å². The molecule has 0 radical (unpaired) electrons. The van der Waals surface area contributed by atoms with Crippen LogP contribution in [0.25, 0.3) is 0 Å². The number of rotatable bonds is 3. The molecule has 0 unspecified atom stereocenters. The van der Waals surface area contributed by atoms with E-state index in [2.05, 4.69) is 27.6 Å². The van der Waals surface area contributed by atoms with Crippen molar-refractivity contribution in [2.24, 2.45) is 0 Å². The molecule has 0 N–H and O–H groups in total. The fourth-order valence-corrected chi connectivity index (χ4v) is 1.66. The molecule has 0 bridgehead atoms. The number of nitro groups is 1. The Labute approximate surface area is 124 Å². The molecule has 0 amide bonds. The van der Waals surface area contributed by atoms with Crippen molar-refractivity contribution in [1.29, 1.82) is 0 Å². The van der Waals surface area contributed by atoms with E-state index in [0.29, 0.717) is 11.5 Å². The van der Waals surface area contributed by atoms with E-state index in [1.807, 2.05) is 13.8 Å². The van der Waals surface area contributed by atoms with Crippen molar-refractivity contribution in [3.63, 3.8) is 0 Å². The second-order valence-electron chi connectivity index (χ2n) is 3.16. The molecule has 2 rings (SSSR count). The molecule has 6 heteroatoms. The highest BCUT2D eigenvalue weighted by Crippen LogP contribution is 2.26. The normalized spacial score (nSPS) is 9.21. The number of hydrogen-bond donors (Lipinski definition) is 0. The first-order valence-electron chi connectivity index (χ1n) is 5.68. The van der Waals surface area contributed by atoms with E-state index in [9.17, 15) is 10.1 Å². The Kier molecular flexibility index (Phi) is 6.20. The summed E-state index contributed by atoms with van der Waals surface area (Å²) in [6, 6.07) is 7.68. The van der Waals surface area contributed by atoms with Gasteiger partial charge in [0.2, 0.25) is 0 Å².